The number of nitrogens with zero attached hydrogens (tertiary/aromatic N) is 12. The molecule has 3 fully saturated rings. The number of ether oxygens (including phenoxy) is 5. The van der Waals surface area contributed by atoms with E-state index in [4.69, 9.17) is 38.8 Å². The van der Waals surface area contributed by atoms with Crippen LogP contribution in [0.25, 0.3) is 33.5 Å². The molecule has 506 valence electrons. The maximum absolute atomic E-state index is 13.2. The van der Waals surface area contributed by atoms with Crippen LogP contribution in [-0.2, 0) is 27.1 Å². The third-order valence-electron chi connectivity index (χ3n) is 17.7. The molecule has 3 unspecified atom stereocenters. The third kappa shape index (κ3) is 14.1. The first-order chi connectivity index (χ1) is 45.2. The summed E-state index contributed by atoms with van der Waals surface area (Å²) >= 11 is 1.87. The van der Waals surface area contributed by atoms with Crippen molar-refractivity contribution in [1.82, 2.24) is 57.3 Å². The Hall–Kier alpha value is -7.96. The highest BCUT2D eigenvalue weighted by Crippen LogP contribution is 2.48. The predicted molar refractivity (Wildman–Crippen MR) is 376 cm³/mol. The number of anilines is 6. The summed E-state index contributed by atoms with van der Waals surface area (Å²) in [4.78, 5) is 66.5. The summed E-state index contributed by atoms with van der Waals surface area (Å²) in [6.07, 6.45) is 15.1. The fourth-order valence-electron chi connectivity index (χ4n) is 12.5. The Morgan fingerprint density at radius 3 is 1.45 bits per heavy atom. The second-order valence-corrected chi connectivity index (χ2v) is 31.9. The number of aliphatic hydroxyl groups is 1. The molecule has 12 heterocycles. The zero-order valence-electron chi connectivity index (χ0n) is 55.4. The van der Waals surface area contributed by atoms with Gasteiger partial charge in [0.2, 0.25) is 31.4 Å². The highest BCUT2D eigenvalue weighted by Gasteiger charge is 2.32. The van der Waals surface area contributed by atoms with Gasteiger partial charge in [0.25, 0.3) is 0 Å². The molecule has 6 aliphatic rings. The summed E-state index contributed by atoms with van der Waals surface area (Å²) in [7, 11) is 0.438. The predicted octanol–water partition coefficient (Wildman–Crippen LogP) is 11.0. The monoisotopic (exact) mass is 1350 g/mol. The van der Waals surface area contributed by atoms with Crippen molar-refractivity contribution in [3.8, 4) is 28.7 Å². The zero-order valence-corrected chi connectivity index (χ0v) is 57.8. The second-order valence-electron chi connectivity index (χ2n) is 24.2. The van der Waals surface area contributed by atoms with Crippen LogP contribution in [0.1, 0.15) is 107 Å². The Balaban J connectivity index is 0.000000139. The van der Waals surface area contributed by atoms with E-state index in [1.807, 2.05) is 105 Å². The van der Waals surface area contributed by atoms with Gasteiger partial charge in [0.1, 0.15) is 22.3 Å². The maximum Gasteiger partial charge on any atom is 0.330 e. The van der Waals surface area contributed by atoms with Crippen LogP contribution >= 0.6 is 32.4 Å². The van der Waals surface area contributed by atoms with E-state index in [1.54, 1.807) is 57.9 Å². The van der Waals surface area contributed by atoms with Crippen molar-refractivity contribution >= 4 is 101 Å². The van der Waals surface area contributed by atoms with Crippen molar-refractivity contribution in [3.63, 3.8) is 0 Å². The van der Waals surface area contributed by atoms with Gasteiger partial charge < -0.3 is 53.8 Å². The number of aryl methyl sites for hydroxylation is 6. The number of hydrogen-bond acceptors (Lipinski definition) is 21. The SMILES string of the molecule is CC.CCO.CCn1c(=O)n(C2CCS(C)(O)CC2)c2nc(Nc3cc4c(cc3C)OCO4)ncc21.Cc1cc2c(cc1Nc1ncc3c(n1)n(C1CCCS(C)(O)CC1)c(=O)n3C)CCO2.Cc1cc2c(cc1Nc1ncc3c(n1)n(C1CCSC1)c(=O)n3C)OCO2. The molecule has 6 N–H and O–H groups in total. The summed E-state index contributed by atoms with van der Waals surface area (Å²) in [5.41, 5.74) is 10.8. The molecule has 0 aliphatic carbocycles. The molecule has 0 amide bonds. The van der Waals surface area contributed by atoms with E-state index in [0.717, 1.165) is 147 Å². The summed E-state index contributed by atoms with van der Waals surface area (Å²) in [6.45, 7) is 15.6. The summed E-state index contributed by atoms with van der Waals surface area (Å²) in [5.74, 6) is 10.2. The van der Waals surface area contributed by atoms with Crippen molar-refractivity contribution in [1.29, 1.82) is 0 Å². The van der Waals surface area contributed by atoms with Crippen LogP contribution in [0.4, 0.5) is 34.9 Å². The third-order valence-corrected chi connectivity index (χ3v) is 23.4. The number of hydrogen-bond donors (Lipinski definition) is 6. The minimum atomic E-state index is -1.56. The molecule has 26 nitrogen and oxygen atoms in total. The Bertz CT molecular complexity index is 4430. The van der Waals surface area contributed by atoms with Crippen LogP contribution in [-0.4, -0.2) is 145 Å². The molecule has 6 aromatic heterocycles. The Kier molecular flexibility index (Phi) is 20.5. The average Bonchev–Trinajstić information content (AvgIpc) is 1.62. The first kappa shape index (κ1) is 67.5. The van der Waals surface area contributed by atoms with Crippen LogP contribution in [0.2, 0.25) is 0 Å². The van der Waals surface area contributed by atoms with Crippen LogP contribution in [0.5, 0.6) is 28.7 Å². The minimum Gasteiger partial charge on any atom is -0.493 e. The molecule has 6 aliphatic heterocycles. The fourth-order valence-corrected chi connectivity index (χ4v) is 17.2. The van der Waals surface area contributed by atoms with Gasteiger partial charge >= 0.3 is 17.1 Å². The van der Waals surface area contributed by atoms with Crippen molar-refractivity contribution in [2.75, 3.05) is 89.8 Å². The number of benzene rings is 3. The van der Waals surface area contributed by atoms with Gasteiger partial charge in [-0.05, 0) is 144 Å². The first-order valence-electron chi connectivity index (χ1n) is 32.1. The summed E-state index contributed by atoms with van der Waals surface area (Å²) in [6, 6.07) is 12.0. The molecule has 3 saturated heterocycles. The number of fused-ring (bicyclic) bond motifs is 6. The largest absolute Gasteiger partial charge is 0.493 e. The number of aliphatic hydroxyl groups excluding tert-OH is 1. The Morgan fingerprint density at radius 2 is 0.968 bits per heavy atom. The molecule has 0 spiro atoms. The van der Waals surface area contributed by atoms with Gasteiger partial charge in [-0.15, -0.1) is 20.6 Å². The fraction of sp³-hybridized carbons (Fsp3) is 0.492. The molecule has 0 bridgehead atoms. The molecule has 0 radical (unpaired) electrons. The van der Waals surface area contributed by atoms with Gasteiger partial charge in [-0.3, -0.25) is 27.4 Å². The number of nitrogens with one attached hydrogen (secondary N) is 3. The summed E-state index contributed by atoms with van der Waals surface area (Å²) < 4.78 is 58.8. The van der Waals surface area contributed by atoms with E-state index < -0.39 is 20.6 Å². The van der Waals surface area contributed by atoms with E-state index in [9.17, 15) is 23.5 Å². The topological polar surface area (TPSA) is 301 Å². The number of aromatic nitrogens is 12. The highest BCUT2D eigenvalue weighted by molar-refractivity contribution is 8.28. The number of imidazole rings is 3. The van der Waals surface area contributed by atoms with E-state index in [-0.39, 0.29) is 55.4 Å². The second kappa shape index (κ2) is 28.6. The lowest BCUT2D eigenvalue weighted by atomic mass is 10.1. The van der Waals surface area contributed by atoms with Crippen molar-refractivity contribution < 1.29 is 37.9 Å². The summed E-state index contributed by atoms with van der Waals surface area (Å²) in [5, 5.41) is 17.4. The van der Waals surface area contributed by atoms with Gasteiger partial charge in [-0.1, -0.05) is 13.8 Å². The van der Waals surface area contributed by atoms with Crippen molar-refractivity contribution in [2.24, 2.45) is 14.1 Å². The molecule has 29 heteroatoms. The van der Waals surface area contributed by atoms with Gasteiger partial charge in [0, 0.05) is 98.0 Å². The first-order valence-corrected chi connectivity index (χ1v) is 37.9. The molecule has 3 atom stereocenters. The normalized spacial score (nSPS) is 22.1. The lowest BCUT2D eigenvalue weighted by Crippen LogP contribution is -2.31. The van der Waals surface area contributed by atoms with Crippen LogP contribution in [0.15, 0.2) is 69.4 Å². The quantitative estimate of drug-likeness (QED) is 0.0741. The van der Waals surface area contributed by atoms with E-state index in [0.29, 0.717) is 59.4 Å². The lowest BCUT2D eigenvalue weighted by Gasteiger charge is -2.37. The van der Waals surface area contributed by atoms with Crippen LogP contribution < -0.4 is 56.7 Å². The zero-order chi connectivity index (χ0) is 66.8. The molecule has 15 rings (SSSR count). The van der Waals surface area contributed by atoms with Gasteiger partial charge in [0.15, 0.2) is 39.9 Å². The molecular weight excluding hydrogens is 1260 g/mol. The van der Waals surface area contributed by atoms with Gasteiger partial charge in [-0.2, -0.15) is 26.7 Å². The van der Waals surface area contributed by atoms with Crippen LogP contribution in [0, 0.1) is 20.8 Å². The number of thioether (sulfide) groups is 1. The molecular formula is C65H87N15O11S3. The van der Waals surface area contributed by atoms with Crippen molar-refractivity contribution in [2.45, 2.75) is 118 Å². The minimum absolute atomic E-state index is 0.0329. The molecule has 94 heavy (non-hydrogen) atoms. The smallest absolute Gasteiger partial charge is 0.330 e. The van der Waals surface area contributed by atoms with Crippen LogP contribution in [0.3, 0.4) is 0 Å². The van der Waals surface area contributed by atoms with E-state index >= 15 is 0 Å². The maximum atomic E-state index is 13.2. The number of rotatable bonds is 10. The van der Waals surface area contributed by atoms with E-state index in [1.165, 1.54) is 5.56 Å². The lowest BCUT2D eigenvalue weighted by molar-refractivity contribution is 0.173. The molecule has 0 saturated carbocycles. The standard InChI is InChI=1S/C22H29N5O3S.C21H27N5O4S.C18H19N5O3S.C2H6O.C2H6/c1-14-11-19-15(6-8-30-19)12-17(14)24-21-23-13-18-20(25-21)27(22(28)26(18)2)16-5-4-9-31(3,29)10-7-16;1-4-25-16-11-22-20(23-15-10-18-17(9-13(15)2)29-12-30-18)24-19(16)26(21(25)27)14-5-7-31(3,28)8-6-14;1-10-5-14-15(26-9-25-14)6-12(10)20-17-19-7-13-16(21-17)23(18(24)22(13)2)11-3-4-27-8-11;1-2-3;1-2/h11-13,16,29H,4-10H2,1-3H3,(H,23,24,25);9-11,14,28H,4-8,12H2,1-3H3,(H,22,23,24);5-7,11H,3-4,8-9H2,1-2H3,(H,19,20,21);3H,2H2,1H3;1-2H3. The molecule has 9 aromatic rings. The Labute approximate surface area is 552 Å². The van der Waals surface area contributed by atoms with Gasteiger partial charge in [-0.25, -0.2) is 29.3 Å². The van der Waals surface area contributed by atoms with Crippen molar-refractivity contribution in [3.05, 3.63) is 109 Å². The molecule has 3 aromatic carbocycles. The average molecular weight is 1350 g/mol. The highest BCUT2D eigenvalue weighted by atomic mass is 32.3. The van der Waals surface area contributed by atoms with E-state index in [2.05, 4.69) is 42.0 Å². The Morgan fingerprint density at radius 1 is 0.553 bits per heavy atom. The van der Waals surface area contributed by atoms with Gasteiger partial charge in [0.05, 0.1) is 31.2 Å².